The predicted octanol–water partition coefficient (Wildman–Crippen LogP) is 0.901. The molecule has 1 aliphatic heterocycles. The first-order valence-corrected chi connectivity index (χ1v) is 7.73. The topological polar surface area (TPSA) is 72.6 Å². The maximum absolute atomic E-state index is 12.4. The first kappa shape index (κ1) is 14.5. The Bertz CT molecular complexity index is 526. The van der Waals surface area contributed by atoms with Crippen LogP contribution in [0.3, 0.4) is 0 Å². The Morgan fingerprint density at radius 2 is 1.68 bits per heavy atom. The van der Waals surface area contributed by atoms with Gasteiger partial charge >= 0.3 is 0 Å². The number of hydrogen-bond acceptors (Lipinski definition) is 4. The SMILES string of the molecule is CC(C)(N)c1ccc(S(=O)(=O)N2CCOCC2)cc1. The second kappa shape index (κ2) is 5.20. The van der Waals surface area contributed by atoms with E-state index in [-0.39, 0.29) is 0 Å². The van der Waals surface area contributed by atoms with E-state index in [4.69, 9.17) is 10.5 Å². The van der Waals surface area contributed by atoms with Gasteiger partial charge in [0.05, 0.1) is 18.1 Å². The van der Waals surface area contributed by atoms with Gasteiger partial charge in [-0.25, -0.2) is 8.42 Å². The molecule has 0 amide bonds. The molecule has 0 aromatic heterocycles. The Kier molecular flexibility index (Phi) is 3.96. The summed E-state index contributed by atoms with van der Waals surface area (Å²) in [6.45, 7) is 5.50. The van der Waals surface area contributed by atoms with E-state index in [0.717, 1.165) is 5.56 Å². The van der Waals surface area contributed by atoms with Gasteiger partial charge in [-0.1, -0.05) is 12.1 Å². The molecule has 19 heavy (non-hydrogen) atoms. The molecule has 0 bridgehead atoms. The summed E-state index contributed by atoms with van der Waals surface area (Å²) in [6.07, 6.45) is 0. The summed E-state index contributed by atoms with van der Waals surface area (Å²) in [4.78, 5) is 0.308. The van der Waals surface area contributed by atoms with Crippen LogP contribution in [0.15, 0.2) is 29.2 Å². The standard InChI is InChI=1S/C13H20N2O3S/c1-13(2,14)11-3-5-12(6-4-11)19(16,17)15-7-9-18-10-8-15/h3-6H,7-10,14H2,1-2H3. The number of hydrogen-bond donors (Lipinski definition) is 1. The van der Waals surface area contributed by atoms with Crippen molar-refractivity contribution in [1.29, 1.82) is 0 Å². The largest absolute Gasteiger partial charge is 0.379 e. The minimum absolute atomic E-state index is 0.308. The molecule has 0 aliphatic carbocycles. The van der Waals surface area contributed by atoms with Crippen molar-refractivity contribution >= 4 is 10.0 Å². The van der Waals surface area contributed by atoms with E-state index in [1.54, 1.807) is 24.3 Å². The van der Waals surface area contributed by atoms with E-state index >= 15 is 0 Å². The zero-order valence-corrected chi connectivity index (χ0v) is 12.1. The van der Waals surface area contributed by atoms with Crippen LogP contribution >= 0.6 is 0 Å². The number of sulfonamides is 1. The van der Waals surface area contributed by atoms with Gasteiger partial charge in [-0.15, -0.1) is 0 Å². The van der Waals surface area contributed by atoms with Gasteiger partial charge in [-0.3, -0.25) is 0 Å². The summed E-state index contributed by atoms with van der Waals surface area (Å²) in [5, 5.41) is 0. The second-order valence-electron chi connectivity index (χ2n) is 5.26. The Labute approximate surface area is 114 Å². The summed E-state index contributed by atoms with van der Waals surface area (Å²) in [6, 6.07) is 6.78. The van der Waals surface area contributed by atoms with Crippen LogP contribution in [0.4, 0.5) is 0 Å². The van der Waals surface area contributed by atoms with Gasteiger partial charge < -0.3 is 10.5 Å². The normalized spacial score (nSPS) is 18.5. The van der Waals surface area contributed by atoms with E-state index in [9.17, 15) is 8.42 Å². The lowest BCUT2D eigenvalue weighted by molar-refractivity contribution is 0.0730. The number of benzene rings is 1. The molecule has 0 unspecified atom stereocenters. The molecule has 0 radical (unpaired) electrons. The smallest absolute Gasteiger partial charge is 0.243 e. The van der Waals surface area contributed by atoms with Crippen molar-refractivity contribution in [2.75, 3.05) is 26.3 Å². The molecule has 106 valence electrons. The van der Waals surface area contributed by atoms with Crippen molar-refractivity contribution in [3.8, 4) is 0 Å². The third-order valence-electron chi connectivity index (χ3n) is 3.21. The fourth-order valence-electron chi connectivity index (χ4n) is 1.99. The third kappa shape index (κ3) is 3.14. The lowest BCUT2D eigenvalue weighted by Crippen LogP contribution is -2.40. The summed E-state index contributed by atoms with van der Waals surface area (Å²) >= 11 is 0. The fourth-order valence-corrected chi connectivity index (χ4v) is 3.40. The number of nitrogens with zero attached hydrogens (tertiary/aromatic N) is 1. The molecule has 1 aliphatic rings. The zero-order chi connectivity index (χ0) is 14.1. The first-order valence-electron chi connectivity index (χ1n) is 6.29. The summed E-state index contributed by atoms with van der Waals surface area (Å²) < 4.78 is 31.4. The molecule has 1 heterocycles. The minimum Gasteiger partial charge on any atom is -0.379 e. The highest BCUT2D eigenvalue weighted by Gasteiger charge is 2.26. The highest BCUT2D eigenvalue weighted by atomic mass is 32.2. The zero-order valence-electron chi connectivity index (χ0n) is 11.3. The molecular weight excluding hydrogens is 264 g/mol. The van der Waals surface area contributed by atoms with Crippen molar-refractivity contribution in [3.63, 3.8) is 0 Å². The molecule has 2 N–H and O–H groups in total. The Morgan fingerprint density at radius 1 is 1.16 bits per heavy atom. The van der Waals surface area contributed by atoms with Crippen molar-refractivity contribution in [1.82, 2.24) is 4.31 Å². The second-order valence-corrected chi connectivity index (χ2v) is 7.20. The molecule has 1 aromatic carbocycles. The van der Waals surface area contributed by atoms with Crippen molar-refractivity contribution in [3.05, 3.63) is 29.8 Å². The van der Waals surface area contributed by atoms with E-state index in [2.05, 4.69) is 0 Å². The number of ether oxygens (including phenoxy) is 1. The fraction of sp³-hybridized carbons (Fsp3) is 0.538. The van der Waals surface area contributed by atoms with E-state index < -0.39 is 15.6 Å². The molecule has 1 saturated heterocycles. The Hall–Kier alpha value is -0.950. The predicted molar refractivity (Wildman–Crippen MR) is 73.2 cm³/mol. The number of rotatable bonds is 3. The van der Waals surface area contributed by atoms with Gasteiger partial charge in [0, 0.05) is 18.6 Å². The maximum atomic E-state index is 12.4. The molecule has 1 fully saturated rings. The van der Waals surface area contributed by atoms with Gasteiger partial charge in [0.25, 0.3) is 0 Å². The van der Waals surface area contributed by atoms with Crippen LogP contribution in [-0.2, 0) is 20.3 Å². The van der Waals surface area contributed by atoms with Gasteiger partial charge in [-0.05, 0) is 31.5 Å². The number of morpholine rings is 1. The van der Waals surface area contributed by atoms with Crippen LogP contribution in [-0.4, -0.2) is 39.0 Å². The Balaban J connectivity index is 2.26. The molecule has 0 saturated carbocycles. The highest BCUT2D eigenvalue weighted by molar-refractivity contribution is 7.89. The van der Waals surface area contributed by atoms with Crippen LogP contribution in [0, 0.1) is 0 Å². The van der Waals surface area contributed by atoms with Gasteiger partial charge in [0.2, 0.25) is 10.0 Å². The quantitative estimate of drug-likeness (QED) is 0.895. The van der Waals surface area contributed by atoms with Gasteiger partial charge in [0.1, 0.15) is 0 Å². The van der Waals surface area contributed by atoms with Crippen molar-refractivity contribution in [2.24, 2.45) is 5.73 Å². The molecule has 1 aromatic rings. The maximum Gasteiger partial charge on any atom is 0.243 e. The lowest BCUT2D eigenvalue weighted by atomic mass is 9.96. The molecule has 0 atom stereocenters. The van der Waals surface area contributed by atoms with E-state index in [1.165, 1.54) is 4.31 Å². The Morgan fingerprint density at radius 3 is 2.16 bits per heavy atom. The van der Waals surface area contributed by atoms with Crippen LogP contribution in [0.25, 0.3) is 0 Å². The molecule has 6 heteroatoms. The third-order valence-corrected chi connectivity index (χ3v) is 5.12. The van der Waals surface area contributed by atoms with Crippen LogP contribution in [0.5, 0.6) is 0 Å². The molecule has 2 rings (SSSR count). The lowest BCUT2D eigenvalue weighted by Gasteiger charge is -2.26. The van der Waals surface area contributed by atoms with E-state index in [0.29, 0.717) is 31.2 Å². The highest BCUT2D eigenvalue weighted by Crippen LogP contribution is 2.21. The van der Waals surface area contributed by atoms with Crippen LogP contribution in [0.1, 0.15) is 19.4 Å². The average Bonchev–Trinajstić information content (AvgIpc) is 2.39. The van der Waals surface area contributed by atoms with Crippen molar-refractivity contribution in [2.45, 2.75) is 24.3 Å². The first-order chi connectivity index (χ1) is 8.82. The molecule has 5 nitrogen and oxygen atoms in total. The monoisotopic (exact) mass is 284 g/mol. The summed E-state index contributed by atoms with van der Waals surface area (Å²) in [5.74, 6) is 0. The average molecular weight is 284 g/mol. The van der Waals surface area contributed by atoms with E-state index in [1.807, 2.05) is 13.8 Å². The van der Waals surface area contributed by atoms with Gasteiger partial charge in [0.15, 0.2) is 0 Å². The minimum atomic E-state index is -3.41. The number of nitrogens with two attached hydrogens (primary N) is 1. The molecule has 0 spiro atoms. The summed E-state index contributed by atoms with van der Waals surface area (Å²) in [7, 11) is -3.41. The molecular formula is C13H20N2O3S. The van der Waals surface area contributed by atoms with Crippen LogP contribution < -0.4 is 5.73 Å². The van der Waals surface area contributed by atoms with Crippen LogP contribution in [0.2, 0.25) is 0 Å². The van der Waals surface area contributed by atoms with Gasteiger partial charge in [-0.2, -0.15) is 4.31 Å². The summed E-state index contributed by atoms with van der Waals surface area (Å²) in [5.41, 5.74) is 6.42. The van der Waals surface area contributed by atoms with Crippen molar-refractivity contribution < 1.29 is 13.2 Å².